The summed E-state index contributed by atoms with van der Waals surface area (Å²) >= 11 is 1.17. The van der Waals surface area contributed by atoms with Crippen LogP contribution in [0.1, 0.15) is 12.7 Å². The summed E-state index contributed by atoms with van der Waals surface area (Å²) in [6, 6.07) is 12.8. The van der Waals surface area contributed by atoms with Crippen LogP contribution in [0.2, 0.25) is 0 Å². The van der Waals surface area contributed by atoms with Crippen molar-refractivity contribution in [3.8, 4) is 40.0 Å². The van der Waals surface area contributed by atoms with E-state index in [1.165, 1.54) is 49.3 Å². The number of carbonyl (C=O) groups is 1. The maximum atomic E-state index is 13.0. The summed E-state index contributed by atoms with van der Waals surface area (Å²) in [5, 5.41) is 16.9. The lowest BCUT2D eigenvalue weighted by molar-refractivity contribution is -0.134. The third kappa shape index (κ3) is 6.37. The molecule has 0 radical (unpaired) electrons. The molecule has 2 aromatic carbocycles. The summed E-state index contributed by atoms with van der Waals surface area (Å²) < 4.78 is 46.5. The summed E-state index contributed by atoms with van der Waals surface area (Å²) in [6.07, 6.45) is 1.60. The molecule has 3 aromatic heterocycles. The first-order valence-corrected chi connectivity index (χ1v) is 14.0. The lowest BCUT2D eigenvalue weighted by atomic mass is 10.1. The number of thiazole rings is 1. The van der Waals surface area contributed by atoms with Crippen molar-refractivity contribution in [1.82, 2.24) is 14.6 Å². The van der Waals surface area contributed by atoms with E-state index in [1.807, 2.05) is 0 Å². The number of methoxy groups -OCH3 is 3. The van der Waals surface area contributed by atoms with E-state index in [1.54, 1.807) is 42.5 Å². The molecular formula is C26H24N4O9S2. The van der Waals surface area contributed by atoms with Gasteiger partial charge in [0, 0.05) is 24.1 Å². The molecule has 15 heteroatoms. The number of furan rings is 1. The molecule has 0 aliphatic rings. The fraction of sp³-hybridized carbons (Fsp3) is 0.154. The number of benzene rings is 2. The number of aliphatic carboxylic acids is 1. The van der Waals surface area contributed by atoms with E-state index in [0.717, 1.165) is 6.92 Å². The molecule has 3 heterocycles. The van der Waals surface area contributed by atoms with E-state index in [9.17, 15) is 13.2 Å². The number of nitrogens with two attached hydrogens (primary N) is 1. The molecule has 0 spiro atoms. The van der Waals surface area contributed by atoms with Gasteiger partial charge in [0.15, 0.2) is 17.3 Å². The summed E-state index contributed by atoms with van der Waals surface area (Å²) in [5.41, 5.74) is 0.910. The third-order valence-electron chi connectivity index (χ3n) is 5.47. The number of carboxylic acid groups (broad SMARTS) is 1. The van der Waals surface area contributed by atoms with Gasteiger partial charge in [0.2, 0.25) is 20.7 Å². The van der Waals surface area contributed by atoms with Gasteiger partial charge in [-0.3, -0.25) is 9.59 Å². The Labute approximate surface area is 237 Å². The molecule has 0 atom stereocenters. The van der Waals surface area contributed by atoms with Crippen LogP contribution in [0.5, 0.6) is 17.2 Å². The standard InChI is InChI=1S/C24H20N4O7S2.C2H4O2/c1-32-18-10-14(11-19(33-2)21(18)34-3)22-26-24-28(27-22)23(29)20(36-24)12-15-6-9-17(35-15)13-4-7-16(8-5-13)37(25,30)31;1-2(3)4/h4-12H,1-3H3,(H2,25,30,31);1H3,(H,3,4). The minimum absolute atomic E-state index is 0.00548. The van der Waals surface area contributed by atoms with Crippen LogP contribution in [0.3, 0.4) is 0 Å². The lowest BCUT2D eigenvalue weighted by Gasteiger charge is -2.12. The van der Waals surface area contributed by atoms with Gasteiger partial charge in [-0.25, -0.2) is 13.6 Å². The normalized spacial score (nSPS) is 11.7. The smallest absolute Gasteiger partial charge is 0.300 e. The van der Waals surface area contributed by atoms with Gasteiger partial charge in [0.1, 0.15) is 16.1 Å². The number of primary sulfonamides is 1. The summed E-state index contributed by atoms with van der Waals surface area (Å²) in [5.74, 6) is 1.77. The Bertz CT molecular complexity index is 1910. The van der Waals surface area contributed by atoms with Crippen LogP contribution >= 0.6 is 11.3 Å². The fourth-order valence-electron chi connectivity index (χ4n) is 3.69. The van der Waals surface area contributed by atoms with Gasteiger partial charge in [0.25, 0.3) is 11.5 Å². The van der Waals surface area contributed by atoms with Crippen molar-refractivity contribution in [3.63, 3.8) is 0 Å². The summed E-state index contributed by atoms with van der Waals surface area (Å²) in [7, 11) is 0.753. The highest BCUT2D eigenvalue weighted by molar-refractivity contribution is 7.89. The van der Waals surface area contributed by atoms with Gasteiger partial charge in [-0.2, -0.15) is 9.50 Å². The molecule has 0 aliphatic carbocycles. The van der Waals surface area contributed by atoms with Gasteiger partial charge in [-0.1, -0.05) is 11.3 Å². The number of sulfonamides is 1. The Kier molecular flexibility index (Phi) is 8.41. The van der Waals surface area contributed by atoms with Crippen molar-refractivity contribution >= 4 is 38.4 Å². The number of hydrogen-bond donors (Lipinski definition) is 2. The molecule has 0 fully saturated rings. The minimum atomic E-state index is -3.78. The highest BCUT2D eigenvalue weighted by Crippen LogP contribution is 2.40. The summed E-state index contributed by atoms with van der Waals surface area (Å²) in [4.78, 5) is 26.9. The van der Waals surface area contributed by atoms with Crippen LogP contribution in [0.15, 0.2) is 62.6 Å². The fourth-order valence-corrected chi connectivity index (χ4v) is 5.09. The van der Waals surface area contributed by atoms with E-state index < -0.39 is 16.0 Å². The number of rotatable bonds is 7. The van der Waals surface area contributed by atoms with Gasteiger partial charge in [0.05, 0.1) is 26.2 Å². The van der Waals surface area contributed by atoms with Crippen molar-refractivity contribution in [2.45, 2.75) is 11.8 Å². The largest absolute Gasteiger partial charge is 0.493 e. The second-order valence-electron chi connectivity index (χ2n) is 8.25. The van der Waals surface area contributed by atoms with E-state index in [-0.39, 0.29) is 10.5 Å². The van der Waals surface area contributed by atoms with E-state index in [4.69, 9.17) is 33.7 Å². The first-order chi connectivity index (χ1) is 19.4. The van der Waals surface area contributed by atoms with Gasteiger partial charge in [-0.15, -0.1) is 5.10 Å². The van der Waals surface area contributed by atoms with Crippen LogP contribution < -0.4 is 29.4 Å². The zero-order valence-electron chi connectivity index (χ0n) is 22.1. The zero-order chi connectivity index (χ0) is 29.9. The van der Waals surface area contributed by atoms with Crippen molar-refractivity contribution < 1.29 is 36.9 Å². The molecule has 0 amide bonds. The monoisotopic (exact) mass is 600 g/mol. The Morgan fingerprint density at radius 1 is 1.02 bits per heavy atom. The molecular weight excluding hydrogens is 576 g/mol. The van der Waals surface area contributed by atoms with Crippen molar-refractivity contribution in [3.05, 3.63) is 69.2 Å². The maximum absolute atomic E-state index is 13.0. The van der Waals surface area contributed by atoms with Crippen molar-refractivity contribution in [1.29, 1.82) is 0 Å². The Morgan fingerprint density at radius 2 is 1.63 bits per heavy atom. The minimum Gasteiger partial charge on any atom is -0.493 e. The zero-order valence-corrected chi connectivity index (χ0v) is 23.8. The van der Waals surface area contributed by atoms with Crippen molar-refractivity contribution in [2.24, 2.45) is 5.14 Å². The van der Waals surface area contributed by atoms with Crippen LogP contribution in [0, 0.1) is 0 Å². The highest BCUT2D eigenvalue weighted by atomic mass is 32.2. The van der Waals surface area contributed by atoms with Crippen LogP contribution in [0.25, 0.3) is 33.7 Å². The lowest BCUT2D eigenvalue weighted by Crippen LogP contribution is -2.23. The molecule has 0 saturated carbocycles. The predicted molar refractivity (Wildman–Crippen MR) is 150 cm³/mol. The van der Waals surface area contributed by atoms with Gasteiger partial charge in [-0.05, 0) is 48.5 Å². The molecule has 0 unspecified atom stereocenters. The molecule has 3 N–H and O–H groups in total. The van der Waals surface area contributed by atoms with E-state index in [0.29, 0.717) is 55.2 Å². The Morgan fingerprint density at radius 3 is 2.15 bits per heavy atom. The molecule has 0 bridgehead atoms. The van der Waals surface area contributed by atoms with Crippen LogP contribution in [0.4, 0.5) is 0 Å². The molecule has 0 aliphatic heterocycles. The van der Waals surface area contributed by atoms with Crippen LogP contribution in [-0.2, 0) is 14.8 Å². The number of fused-ring (bicyclic) bond motifs is 1. The first kappa shape index (κ1) is 29.3. The van der Waals surface area contributed by atoms with Crippen molar-refractivity contribution in [2.75, 3.05) is 21.3 Å². The number of ether oxygens (including phenoxy) is 3. The SMILES string of the molecule is CC(=O)O.COc1cc(-c2nc3sc(=Cc4ccc(-c5ccc(S(N)(=O)=O)cc5)o4)c(=O)n3n2)cc(OC)c1OC. The number of aromatic nitrogens is 3. The summed E-state index contributed by atoms with van der Waals surface area (Å²) in [6.45, 7) is 1.08. The quantitative estimate of drug-likeness (QED) is 0.279. The first-order valence-electron chi connectivity index (χ1n) is 11.6. The molecule has 214 valence electrons. The Hall–Kier alpha value is -4.73. The number of nitrogens with zero attached hydrogens (tertiary/aromatic N) is 3. The molecule has 0 saturated heterocycles. The second-order valence-corrected chi connectivity index (χ2v) is 10.8. The maximum Gasteiger partial charge on any atom is 0.300 e. The number of hydrogen-bond acceptors (Lipinski definition) is 11. The molecule has 13 nitrogen and oxygen atoms in total. The topological polar surface area (TPSA) is 186 Å². The highest BCUT2D eigenvalue weighted by Gasteiger charge is 2.18. The third-order valence-corrected chi connectivity index (χ3v) is 7.36. The average molecular weight is 601 g/mol. The average Bonchev–Trinajstić information content (AvgIpc) is 3.64. The molecule has 5 aromatic rings. The Balaban J connectivity index is 0.000000909. The predicted octanol–water partition coefficient (Wildman–Crippen LogP) is 2.39. The van der Waals surface area contributed by atoms with Gasteiger partial charge >= 0.3 is 0 Å². The van der Waals surface area contributed by atoms with Crippen LogP contribution in [-0.4, -0.2) is 55.4 Å². The second kappa shape index (κ2) is 11.8. The molecule has 41 heavy (non-hydrogen) atoms. The number of carboxylic acids is 1. The molecule has 5 rings (SSSR count). The van der Waals surface area contributed by atoms with E-state index >= 15 is 0 Å². The van der Waals surface area contributed by atoms with Gasteiger partial charge < -0.3 is 23.7 Å². The van der Waals surface area contributed by atoms with E-state index in [2.05, 4.69) is 10.1 Å².